The minimum absolute atomic E-state index is 0.597. The molecule has 4 nitrogen and oxygen atoms in total. The predicted octanol–water partition coefficient (Wildman–Crippen LogP) is 2.90. The molecule has 0 saturated carbocycles. The monoisotopic (exact) mass is 279 g/mol. The number of H-pyrrole nitrogens is 1. The molecule has 19 heavy (non-hydrogen) atoms. The van der Waals surface area contributed by atoms with Gasteiger partial charge in [0.05, 0.1) is 23.4 Å². The van der Waals surface area contributed by atoms with Gasteiger partial charge in [-0.1, -0.05) is 19.9 Å². The van der Waals surface area contributed by atoms with Crippen LogP contribution >= 0.6 is 11.3 Å². The summed E-state index contributed by atoms with van der Waals surface area (Å²) in [7, 11) is 0. The van der Waals surface area contributed by atoms with Crippen LogP contribution in [0, 0.1) is 5.92 Å². The number of rotatable bonds is 8. The Bertz CT molecular complexity index is 465. The van der Waals surface area contributed by atoms with Gasteiger partial charge in [0.15, 0.2) is 0 Å². The number of ether oxygens (including phenoxy) is 1. The lowest BCUT2D eigenvalue weighted by Crippen LogP contribution is -2.20. The minimum Gasteiger partial charge on any atom is -0.380 e. The van der Waals surface area contributed by atoms with E-state index in [1.54, 1.807) is 11.3 Å². The lowest BCUT2D eigenvalue weighted by atomic mass is 10.2. The number of nitrogens with one attached hydrogen (secondary N) is 2. The van der Waals surface area contributed by atoms with E-state index in [1.165, 1.54) is 10.4 Å². The number of hydrogen-bond acceptors (Lipinski definition) is 4. The molecule has 104 valence electrons. The van der Waals surface area contributed by atoms with Crippen LogP contribution in [0.25, 0.3) is 10.6 Å². The standard InChI is InChI=1S/C14H21N3OS/c1-11(2)10-18-6-5-15-8-12-9-16-17-14(12)13-4-3-7-19-13/h3-4,7,9,11,15H,5-6,8,10H2,1-2H3,(H,16,17). The van der Waals surface area contributed by atoms with E-state index in [1.807, 2.05) is 6.20 Å². The molecule has 0 aliphatic rings. The van der Waals surface area contributed by atoms with Gasteiger partial charge in [-0.2, -0.15) is 5.10 Å². The van der Waals surface area contributed by atoms with Crippen LogP contribution < -0.4 is 5.32 Å². The molecule has 2 heterocycles. The van der Waals surface area contributed by atoms with E-state index in [-0.39, 0.29) is 0 Å². The Morgan fingerprint density at radius 2 is 2.37 bits per heavy atom. The van der Waals surface area contributed by atoms with Crippen molar-refractivity contribution in [1.82, 2.24) is 15.5 Å². The number of thiophene rings is 1. The first-order chi connectivity index (χ1) is 9.27. The molecule has 0 spiro atoms. The molecule has 0 unspecified atom stereocenters. The summed E-state index contributed by atoms with van der Waals surface area (Å²) < 4.78 is 5.53. The van der Waals surface area contributed by atoms with Crippen LogP contribution in [0.5, 0.6) is 0 Å². The molecule has 2 N–H and O–H groups in total. The summed E-state index contributed by atoms with van der Waals surface area (Å²) in [6.07, 6.45) is 1.89. The summed E-state index contributed by atoms with van der Waals surface area (Å²) in [5, 5.41) is 12.7. The van der Waals surface area contributed by atoms with Gasteiger partial charge in [-0.25, -0.2) is 0 Å². The van der Waals surface area contributed by atoms with Crippen molar-refractivity contribution in [1.29, 1.82) is 0 Å². The van der Waals surface area contributed by atoms with Crippen molar-refractivity contribution < 1.29 is 4.74 Å². The largest absolute Gasteiger partial charge is 0.380 e. The zero-order chi connectivity index (χ0) is 13.5. The van der Waals surface area contributed by atoms with Crippen LogP contribution in [0.4, 0.5) is 0 Å². The highest BCUT2D eigenvalue weighted by Gasteiger charge is 2.07. The summed E-state index contributed by atoms with van der Waals surface area (Å²) in [6, 6.07) is 4.16. The van der Waals surface area contributed by atoms with E-state index >= 15 is 0 Å². The third-order valence-corrected chi connectivity index (χ3v) is 3.56. The molecule has 2 rings (SSSR count). The molecule has 0 radical (unpaired) electrons. The summed E-state index contributed by atoms with van der Waals surface area (Å²) in [5.74, 6) is 0.597. The lowest BCUT2D eigenvalue weighted by molar-refractivity contribution is 0.111. The van der Waals surface area contributed by atoms with Crippen LogP contribution in [0.3, 0.4) is 0 Å². The Kier molecular flexibility index (Phi) is 5.57. The molecule has 0 aliphatic heterocycles. The fraction of sp³-hybridized carbons (Fsp3) is 0.500. The predicted molar refractivity (Wildman–Crippen MR) is 79.3 cm³/mol. The molecule has 0 fully saturated rings. The highest BCUT2D eigenvalue weighted by atomic mass is 32.1. The maximum absolute atomic E-state index is 5.53. The van der Waals surface area contributed by atoms with Crippen molar-refractivity contribution in [3.8, 4) is 10.6 Å². The van der Waals surface area contributed by atoms with E-state index in [0.29, 0.717) is 5.92 Å². The fourth-order valence-corrected chi connectivity index (χ4v) is 2.52. The molecule has 0 aliphatic carbocycles. The van der Waals surface area contributed by atoms with Crippen LogP contribution in [0.1, 0.15) is 19.4 Å². The van der Waals surface area contributed by atoms with Crippen molar-refractivity contribution in [2.45, 2.75) is 20.4 Å². The molecular weight excluding hydrogens is 258 g/mol. The first kappa shape index (κ1) is 14.2. The van der Waals surface area contributed by atoms with E-state index in [0.717, 1.165) is 32.0 Å². The number of hydrogen-bond donors (Lipinski definition) is 2. The van der Waals surface area contributed by atoms with Crippen LogP contribution in [0.2, 0.25) is 0 Å². The Balaban J connectivity index is 1.74. The molecule has 0 bridgehead atoms. The Morgan fingerprint density at radius 3 is 3.11 bits per heavy atom. The number of aromatic nitrogens is 2. The minimum atomic E-state index is 0.597. The second-order valence-corrected chi connectivity index (χ2v) is 5.84. The van der Waals surface area contributed by atoms with Crippen LogP contribution in [-0.4, -0.2) is 30.0 Å². The molecular formula is C14H21N3OS. The second-order valence-electron chi connectivity index (χ2n) is 4.89. The molecule has 0 amide bonds. The average Bonchev–Trinajstić information content (AvgIpc) is 3.03. The summed E-state index contributed by atoms with van der Waals surface area (Å²) in [4.78, 5) is 1.23. The van der Waals surface area contributed by atoms with Gasteiger partial charge >= 0.3 is 0 Å². The molecule has 5 heteroatoms. The highest BCUT2D eigenvalue weighted by Crippen LogP contribution is 2.25. The van der Waals surface area contributed by atoms with Crippen LogP contribution in [-0.2, 0) is 11.3 Å². The zero-order valence-electron chi connectivity index (χ0n) is 11.5. The smallest absolute Gasteiger partial charge is 0.0794 e. The molecule has 0 saturated heterocycles. The summed E-state index contributed by atoms with van der Waals surface area (Å²) in [6.45, 7) is 7.58. The Morgan fingerprint density at radius 1 is 1.47 bits per heavy atom. The van der Waals surface area contributed by atoms with Gasteiger partial charge < -0.3 is 10.1 Å². The van der Waals surface area contributed by atoms with Gasteiger partial charge in [0, 0.05) is 25.3 Å². The van der Waals surface area contributed by atoms with Crippen LogP contribution in [0.15, 0.2) is 23.7 Å². The summed E-state index contributed by atoms with van der Waals surface area (Å²) in [5.41, 5.74) is 2.32. The van der Waals surface area contributed by atoms with Gasteiger partial charge in [-0.15, -0.1) is 11.3 Å². The van der Waals surface area contributed by atoms with E-state index in [9.17, 15) is 0 Å². The molecule has 0 aromatic carbocycles. The lowest BCUT2D eigenvalue weighted by Gasteiger charge is -2.08. The van der Waals surface area contributed by atoms with Gasteiger partial charge in [0.2, 0.25) is 0 Å². The first-order valence-corrected chi connectivity index (χ1v) is 7.50. The fourth-order valence-electron chi connectivity index (χ4n) is 1.77. The molecule has 2 aromatic rings. The van der Waals surface area contributed by atoms with E-state index < -0.39 is 0 Å². The Labute approximate surface area is 118 Å². The van der Waals surface area contributed by atoms with Gasteiger partial charge in [0.25, 0.3) is 0 Å². The van der Waals surface area contributed by atoms with Gasteiger partial charge in [-0.3, -0.25) is 5.10 Å². The van der Waals surface area contributed by atoms with Crippen molar-refractivity contribution in [2.24, 2.45) is 5.92 Å². The third-order valence-electron chi connectivity index (χ3n) is 2.68. The second kappa shape index (κ2) is 7.43. The van der Waals surface area contributed by atoms with Gasteiger partial charge in [0.1, 0.15) is 0 Å². The molecule has 0 atom stereocenters. The average molecular weight is 279 g/mol. The SMILES string of the molecule is CC(C)COCCNCc1cn[nH]c1-c1cccs1. The first-order valence-electron chi connectivity index (χ1n) is 6.62. The Hall–Kier alpha value is -1.17. The summed E-state index contributed by atoms with van der Waals surface area (Å²) >= 11 is 1.72. The quantitative estimate of drug-likeness (QED) is 0.731. The van der Waals surface area contributed by atoms with Crippen molar-refractivity contribution in [3.05, 3.63) is 29.3 Å². The van der Waals surface area contributed by atoms with E-state index in [4.69, 9.17) is 4.74 Å². The third kappa shape index (κ3) is 4.45. The normalized spacial score (nSPS) is 11.3. The van der Waals surface area contributed by atoms with Crippen molar-refractivity contribution in [2.75, 3.05) is 19.8 Å². The van der Waals surface area contributed by atoms with Crippen molar-refractivity contribution in [3.63, 3.8) is 0 Å². The maximum Gasteiger partial charge on any atom is 0.0794 e. The molecule has 2 aromatic heterocycles. The van der Waals surface area contributed by atoms with Crippen molar-refractivity contribution >= 4 is 11.3 Å². The maximum atomic E-state index is 5.53. The topological polar surface area (TPSA) is 49.9 Å². The highest BCUT2D eigenvalue weighted by molar-refractivity contribution is 7.13. The van der Waals surface area contributed by atoms with Gasteiger partial charge in [-0.05, 0) is 17.4 Å². The number of nitrogens with zero attached hydrogens (tertiary/aromatic N) is 1. The zero-order valence-corrected chi connectivity index (χ0v) is 12.3. The number of aromatic amines is 1. The van der Waals surface area contributed by atoms with E-state index in [2.05, 4.69) is 46.9 Å².